The van der Waals surface area contributed by atoms with Crippen molar-refractivity contribution in [3.8, 4) is 0 Å². The molecule has 0 aliphatic carbocycles. The van der Waals surface area contributed by atoms with E-state index in [9.17, 15) is 8.42 Å². The third-order valence-electron chi connectivity index (χ3n) is 3.01. The highest BCUT2D eigenvalue weighted by Gasteiger charge is 2.20. The summed E-state index contributed by atoms with van der Waals surface area (Å²) in [5.41, 5.74) is 7.50. The predicted octanol–water partition coefficient (Wildman–Crippen LogP) is 2.50. The molecule has 0 saturated heterocycles. The lowest BCUT2D eigenvalue weighted by Crippen LogP contribution is -2.16. The minimum Gasteiger partial charge on any atom is -0.389 e. The molecule has 2 aromatic rings. The average molecular weight is 341 g/mol. The van der Waals surface area contributed by atoms with E-state index in [-0.39, 0.29) is 9.88 Å². The highest BCUT2D eigenvalue weighted by atomic mass is 32.2. The lowest BCUT2D eigenvalue weighted by Gasteiger charge is -2.10. The SMILES string of the molecule is Cc1ccc(C(N)=S)cc1S(=O)(=O)Nc1nc(C)c(C)s1. The highest BCUT2D eigenvalue weighted by Crippen LogP contribution is 2.25. The number of thiazole rings is 1. The van der Waals surface area contributed by atoms with Crippen molar-refractivity contribution in [2.75, 3.05) is 4.72 Å². The average Bonchev–Trinajstić information content (AvgIpc) is 2.67. The second kappa shape index (κ2) is 5.70. The van der Waals surface area contributed by atoms with Crippen LogP contribution in [0.1, 0.15) is 21.7 Å². The Balaban J connectivity index is 2.44. The molecule has 8 heteroatoms. The van der Waals surface area contributed by atoms with Crippen LogP contribution in [0.2, 0.25) is 0 Å². The first-order valence-corrected chi connectivity index (χ1v) is 8.79. The predicted molar refractivity (Wildman–Crippen MR) is 89.5 cm³/mol. The molecule has 1 aromatic carbocycles. The molecule has 0 aliphatic heterocycles. The van der Waals surface area contributed by atoms with Gasteiger partial charge in [-0.3, -0.25) is 4.72 Å². The summed E-state index contributed by atoms with van der Waals surface area (Å²) in [6, 6.07) is 4.86. The fraction of sp³-hybridized carbons (Fsp3) is 0.231. The Hall–Kier alpha value is -1.51. The second-order valence-corrected chi connectivity index (χ2v) is 7.90. The van der Waals surface area contributed by atoms with Crippen molar-refractivity contribution in [3.63, 3.8) is 0 Å². The highest BCUT2D eigenvalue weighted by molar-refractivity contribution is 7.93. The molecule has 0 fully saturated rings. The van der Waals surface area contributed by atoms with E-state index in [1.165, 1.54) is 17.4 Å². The first kappa shape index (κ1) is 15.9. The van der Waals surface area contributed by atoms with Crippen molar-refractivity contribution in [2.45, 2.75) is 25.7 Å². The summed E-state index contributed by atoms with van der Waals surface area (Å²) in [5, 5.41) is 0.352. The number of sulfonamides is 1. The van der Waals surface area contributed by atoms with Crippen LogP contribution in [-0.4, -0.2) is 18.4 Å². The van der Waals surface area contributed by atoms with Gasteiger partial charge in [0, 0.05) is 10.4 Å². The third kappa shape index (κ3) is 3.39. The molecule has 0 spiro atoms. The van der Waals surface area contributed by atoms with Gasteiger partial charge in [-0.15, -0.1) is 11.3 Å². The van der Waals surface area contributed by atoms with E-state index in [2.05, 4.69) is 9.71 Å². The Morgan fingerprint density at radius 1 is 1.33 bits per heavy atom. The molecule has 0 atom stereocenters. The lowest BCUT2D eigenvalue weighted by molar-refractivity contribution is 0.600. The molecule has 3 N–H and O–H groups in total. The molecule has 21 heavy (non-hydrogen) atoms. The molecule has 1 aromatic heterocycles. The fourth-order valence-electron chi connectivity index (χ4n) is 1.73. The Labute approximate surface area is 133 Å². The summed E-state index contributed by atoms with van der Waals surface area (Å²) < 4.78 is 27.5. The summed E-state index contributed by atoms with van der Waals surface area (Å²) in [5.74, 6) is 0. The van der Waals surface area contributed by atoms with E-state index < -0.39 is 10.0 Å². The maximum Gasteiger partial charge on any atom is 0.263 e. The molecule has 0 bridgehead atoms. The van der Waals surface area contributed by atoms with Crippen molar-refractivity contribution in [3.05, 3.63) is 39.9 Å². The second-order valence-electron chi connectivity index (χ2n) is 4.61. The standard InChI is InChI=1S/C13H15N3O2S3/c1-7-4-5-10(12(14)19)6-11(7)21(17,18)16-13-15-8(2)9(3)20-13/h4-6H,1-3H3,(H2,14,19)(H,15,16). The van der Waals surface area contributed by atoms with Gasteiger partial charge in [-0.05, 0) is 32.4 Å². The molecular weight excluding hydrogens is 326 g/mol. The normalized spacial score (nSPS) is 11.4. The van der Waals surface area contributed by atoms with E-state index in [4.69, 9.17) is 18.0 Å². The number of nitrogens with one attached hydrogen (secondary N) is 1. The summed E-state index contributed by atoms with van der Waals surface area (Å²) in [7, 11) is -3.72. The molecule has 2 rings (SSSR count). The van der Waals surface area contributed by atoms with Gasteiger partial charge in [0.1, 0.15) is 4.99 Å². The van der Waals surface area contributed by atoms with Crippen molar-refractivity contribution in [2.24, 2.45) is 5.73 Å². The number of rotatable bonds is 4. The molecule has 0 radical (unpaired) electrons. The van der Waals surface area contributed by atoms with Crippen LogP contribution in [0.5, 0.6) is 0 Å². The van der Waals surface area contributed by atoms with Gasteiger partial charge in [0.25, 0.3) is 10.0 Å². The summed E-state index contributed by atoms with van der Waals surface area (Å²) in [6.07, 6.45) is 0. The zero-order valence-electron chi connectivity index (χ0n) is 11.8. The molecule has 1 heterocycles. The van der Waals surface area contributed by atoms with Gasteiger partial charge in [-0.1, -0.05) is 24.4 Å². The number of anilines is 1. The van der Waals surface area contributed by atoms with E-state index in [1.807, 2.05) is 13.8 Å². The van der Waals surface area contributed by atoms with Gasteiger partial charge in [0.15, 0.2) is 5.13 Å². The Morgan fingerprint density at radius 3 is 2.52 bits per heavy atom. The van der Waals surface area contributed by atoms with E-state index in [1.54, 1.807) is 19.1 Å². The number of benzene rings is 1. The number of aromatic nitrogens is 1. The lowest BCUT2D eigenvalue weighted by atomic mass is 10.1. The third-order valence-corrected chi connectivity index (χ3v) is 5.85. The quantitative estimate of drug-likeness (QED) is 0.835. The van der Waals surface area contributed by atoms with Crippen molar-refractivity contribution < 1.29 is 8.42 Å². The summed E-state index contributed by atoms with van der Waals surface area (Å²) in [6.45, 7) is 5.45. The molecule has 0 aliphatic rings. The molecule has 0 saturated carbocycles. The number of thiocarbonyl (C=S) groups is 1. The monoisotopic (exact) mass is 341 g/mol. The smallest absolute Gasteiger partial charge is 0.263 e. The first-order chi connectivity index (χ1) is 9.70. The van der Waals surface area contributed by atoms with Gasteiger partial charge in [-0.25, -0.2) is 13.4 Å². The molecule has 112 valence electrons. The van der Waals surface area contributed by atoms with E-state index >= 15 is 0 Å². The van der Waals surface area contributed by atoms with Crippen LogP contribution in [0, 0.1) is 20.8 Å². The number of nitrogens with zero attached hydrogens (tertiary/aromatic N) is 1. The topological polar surface area (TPSA) is 85.1 Å². The van der Waals surface area contributed by atoms with Crippen LogP contribution in [0.15, 0.2) is 23.1 Å². The Kier molecular flexibility index (Phi) is 4.31. The molecule has 0 amide bonds. The summed E-state index contributed by atoms with van der Waals surface area (Å²) in [4.78, 5) is 5.47. The van der Waals surface area contributed by atoms with Crippen LogP contribution in [0.4, 0.5) is 5.13 Å². The van der Waals surface area contributed by atoms with E-state index in [0.29, 0.717) is 16.3 Å². The van der Waals surface area contributed by atoms with Crippen LogP contribution >= 0.6 is 23.6 Å². The number of nitrogens with two attached hydrogens (primary N) is 1. The van der Waals surface area contributed by atoms with Crippen molar-refractivity contribution in [1.29, 1.82) is 0 Å². The van der Waals surface area contributed by atoms with Crippen LogP contribution in [-0.2, 0) is 10.0 Å². The maximum atomic E-state index is 12.5. The Bertz CT molecular complexity index is 791. The van der Waals surface area contributed by atoms with Gasteiger partial charge in [-0.2, -0.15) is 0 Å². The van der Waals surface area contributed by atoms with Gasteiger partial charge < -0.3 is 5.73 Å². The maximum absolute atomic E-state index is 12.5. The van der Waals surface area contributed by atoms with Crippen LogP contribution in [0.25, 0.3) is 0 Å². The Morgan fingerprint density at radius 2 is 2.00 bits per heavy atom. The summed E-state index contributed by atoms with van der Waals surface area (Å²) >= 11 is 6.19. The largest absolute Gasteiger partial charge is 0.389 e. The minimum absolute atomic E-state index is 0.151. The van der Waals surface area contributed by atoms with Gasteiger partial charge in [0.05, 0.1) is 10.6 Å². The minimum atomic E-state index is -3.72. The molecule has 5 nitrogen and oxygen atoms in total. The zero-order chi connectivity index (χ0) is 15.8. The van der Waals surface area contributed by atoms with Gasteiger partial charge >= 0.3 is 0 Å². The van der Waals surface area contributed by atoms with Crippen molar-refractivity contribution in [1.82, 2.24) is 4.98 Å². The fourth-order valence-corrected chi connectivity index (χ4v) is 4.18. The number of hydrogen-bond donors (Lipinski definition) is 2. The number of hydrogen-bond acceptors (Lipinski definition) is 5. The van der Waals surface area contributed by atoms with Gasteiger partial charge in [0.2, 0.25) is 0 Å². The zero-order valence-corrected chi connectivity index (χ0v) is 14.2. The first-order valence-electron chi connectivity index (χ1n) is 6.08. The molecular formula is C13H15N3O2S3. The van der Waals surface area contributed by atoms with Crippen molar-refractivity contribution >= 4 is 43.7 Å². The molecule has 0 unspecified atom stereocenters. The van der Waals surface area contributed by atoms with Crippen LogP contribution < -0.4 is 10.5 Å². The number of aryl methyl sites for hydroxylation is 3. The van der Waals surface area contributed by atoms with E-state index in [0.717, 1.165) is 10.6 Å². The van der Waals surface area contributed by atoms with Crippen LogP contribution in [0.3, 0.4) is 0 Å².